The zero-order chi connectivity index (χ0) is 18.2. The summed E-state index contributed by atoms with van der Waals surface area (Å²) >= 11 is 5.99. The Morgan fingerprint density at radius 1 is 1.30 bits per heavy atom. The van der Waals surface area contributed by atoms with Gasteiger partial charge in [0.2, 0.25) is 11.7 Å². The summed E-state index contributed by atoms with van der Waals surface area (Å²) in [5, 5.41) is 11.1. The first-order valence-corrected chi connectivity index (χ1v) is 8.95. The van der Waals surface area contributed by atoms with Gasteiger partial charge in [0.1, 0.15) is 0 Å². The first-order valence-electron chi connectivity index (χ1n) is 8.58. The molecular weight excluding hydrogens is 483 g/mol. The second-order valence-corrected chi connectivity index (χ2v) is 6.27. The van der Waals surface area contributed by atoms with Crippen LogP contribution in [0.3, 0.4) is 0 Å². The summed E-state index contributed by atoms with van der Waals surface area (Å²) in [7, 11) is 1.73. The van der Waals surface area contributed by atoms with Crippen LogP contribution < -0.4 is 10.6 Å². The van der Waals surface area contributed by atoms with E-state index < -0.39 is 0 Å². The van der Waals surface area contributed by atoms with E-state index in [1.165, 1.54) is 0 Å². The van der Waals surface area contributed by atoms with Crippen molar-refractivity contribution in [3.63, 3.8) is 0 Å². The van der Waals surface area contributed by atoms with Gasteiger partial charge in [0.15, 0.2) is 5.96 Å². The second-order valence-electron chi connectivity index (χ2n) is 5.83. The van der Waals surface area contributed by atoms with Crippen LogP contribution in [0.2, 0.25) is 5.02 Å². The van der Waals surface area contributed by atoms with E-state index in [9.17, 15) is 0 Å². The van der Waals surface area contributed by atoms with Gasteiger partial charge in [-0.1, -0.05) is 28.9 Å². The van der Waals surface area contributed by atoms with Crippen molar-refractivity contribution in [1.29, 1.82) is 0 Å². The van der Waals surface area contributed by atoms with Crippen molar-refractivity contribution in [3.8, 4) is 11.4 Å². The van der Waals surface area contributed by atoms with E-state index in [4.69, 9.17) is 20.9 Å². The standard InChI is InChI=1S/C17H23ClN6O2.HI/c1-19-17(20-5-6-24-7-9-25-10-8-24)21-12-15-22-16(23-26-15)13-3-2-4-14(18)11-13;/h2-4,11H,5-10,12H2,1H3,(H2,19,20,21);1H. The van der Waals surface area contributed by atoms with Gasteiger partial charge in [-0.25, -0.2) is 0 Å². The Hall–Kier alpha value is -1.43. The summed E-state index contributed by atoms with van der Waals surface area (Å²) in [6.45, 7) is 5.70. The molecule has 0 unspecified atom stereocenters. The Kier molecular flexibility index (Phi) is 9.25. The van der Waals surface area contributed by atoms with Gasteiger partial charge in [-0.05, 0) is 12.1 Å². The second kappa shape index (κ2) is 11.4. The van der Waals surface area contributed by atoms with E-state index in [1.807, 2.05) is 12.1 Å². The Morgan fingerprint density at radius 2 is 2.11 bits per heavy atom. The Balaban J connectivity index is 0.00000261. The van der Waals surface area contributed by atoms with Gasteiger partial charge in [-0.2, -0.15) is 4.98 Å². The highest BCUT2D eigenvalue weighted by Crippen LogP contribution is 2.19. The van der Waals surface area contributed by atoms with Crippen molar-refractivity contribution in [2.24, 2.45) is 4.99 Å². The lowest BCUT2D eigenvalue weighted by molar-refractivity contribution is 0.0389. The molecule has 2 heterocycles. The van der Waals surface area contributed by atoms with Crippen molar-refractivity contribution in [2.45, 2.75) is 6.54 Å². The largest absolute Gasteiger partial charge is 0.379 e. The van der Waals surface area contributed by atoms with E-state index in [1.54, 1.807) is 19.2 Å². The van der Waals surface area contributed by atoms with E-state index >= 15 is 0 Å². The molecule has 0 saturated carbocycles. The predicted octanol–water partition coefficient (Wildman–Crippen LogP) is 2.01. The highest BCUT2D eigenvalue weighted by atomic mass is 127. The SMILES string of the molecule is CN=C(NCCN1CCOCC1)NCc1nc(-c2cccc(Cl)c2)no1.I. The summed E-state index contributed by atoms with van der Waals surface area (Å²) in [6.07, 6.45) is 0. The number of morpholine rings is 1. The van der Waals surface area contributed by atoms with E-state index in [0.29, 0.717) is 29.2 Å². The van der Waals surface area contributed by atoms with Crippen LogP contribution in [0.25, 0.3) is 11.4 Å². The summed E-state index contributed by atoms with van der Waals surface area (Å²) in [5.74, 6) is 1.69. The molecule has 3 rings (SSSR count). The summed E-state index contributed by atoms with van der Waals surface area (Å²) < 4.78 is 10.6. The van der Waals surface area contributed by atoms with Crippen LogP contribution in [-0.2, 0) is 11.3 Å². The minimum Gasteiger partial charge on any atom is -0.379 e. The van der Waals surface area contributed by atoms with Crippen LogP contribution in [0.4, 0.5) is 0 Å². The Labute approximate surface area is 180 Å². The summed E-state index contributed by atoms with van der Waals surface area (Å²) in [4.78, 5) is 10.9. The van der Waals surface area contributed by atoms with Crippen LogP contribution in [0.15, 0.2) is 33.8 Å². The van der Waals surface area contributed by atoms with E-state index in [0.717, 1.165) is 45.0 Å². The number of benzene rings is 1. The maximum Gasteiger partial charge on any atom is 0.246 e. The molecular formula is C17H24ClIN6O2. The van der Waals surface area contributed by atoms with Crippen molar-refractivity contribution in [3.05, 3.63) is 35.2 Å². The third-order valence-electron chi connectivity index (χ3n) is 4.01. The number of aromatic nitrogens is 2. The molecule has 0 bridgehead atoms. The van der Waals surface area contributed by atoms with Gasteiger partial charge in [0.25, 0.3) is 0 Å². The average Bonchev–Trinajstić information content (AvgIpc) is 3.14. The first-order chi connectivity index (χ1) is 12.7. The average molecular weight is 507 g/mol. The molecule has 1 aromatic carbocycles. The predicted molar refractivity (Wildman–Crippen MR) is 116 cm³/mol. The number of hydrogen-bond acceptors (Lipinski definition) is 6. The molecule has 0 radical (unpaired) electrons. The van der Waals surface area contributed by atoms with Crippen molar-refractivity contribution >= 4 is 41.5 Å². The molecule has 1 aromatic heterocycles. The van der Waals surface area contributed by atoms with Gasteiger partial charge < -0.3 is 19.9 Å². The fourth-order valence-corrected chi connectivity index (χ4v) is 2.80. The van der Waals surface area contributed by atoms with E-state index in [2.05, 4.69) is 30.7 Å². The van der Waals surface area contributed by atoms with Crippen LogP contribution in [0, 0.1) is 0 Å². The zero-order valence-corrected chi connectivity index (χ0v) is 18.2. The third kappa shape index (κ3) is 6.91. The molecule has 2 N–H and O–H groups in total. The molecule has 0 aliphatic carbocycles. The van der Waals surface area contributed by atoms with Gasteiger partial charge in [-0.15, -0.1) is 24.0 Å². The maximum absolute atomic E-state index is 5.99. The van der Waals surface area contributed by atoms with Crippen LogP contribution in [0.5, 0.6) is 0 Å². The lowest BCUT2D eigenvalue weighted by atomic mass is 10.2. The molecule has 8 nitrogen and oxygen atoms in total. The molecule has 1 aliphatic heterocycles. The highest BCUT2D eigenvalue weighted by Gasteiger charge is 2.11. The van der Waals surface area contributed by atoms with Gasteiger partial charge in [-0.3, -0.25) is 9.89 Å². The number of nitrogens with one attached hydrogen (secondary N) is 2. The van der Waals surface area contributed by atoms with Crippen LogP contribution in [-0.4, -0.2) is 67.4 Å². The normalized spacial score (nSPS) is 15.3. The van der Waals surface area contributed by atoms with Crippen LogP contribution in [0.1, 0.15) is 5.89 Å². The maximum atomic E-state index is 5.99. The zero-order valence-electron chi connectivity index (χ0n) is 15.2. The first kappa shape index (κ1) is 21.9. The minimum atomic E-state index is 0. The van der Waals surface area contributed by atoms with Gasteiger partial charge >= 0.3 is 0 Å². The molecule has 27 heavy (non-hydrogen) atoms. The summed E-state index contributed by atoms with van der Waals surface area (Å²) in [6, 6.07) is 7.35. The third-order valence-corrected chi connectivity index (χ3v) is 4.24. The molecule has 1 saturated heterocycles. The molecule has 1 aliphatic rings. The van der Waals surface area contributed by atoms with E-state index in [-0.39, 0.29) is 24.0 Å². The van der Waals surface area contributed by atoms with Gasteiger partial charge in [0.05, 0.1) is 19.8 Å². The molecule has 2 aromatic rings. The molecule has 148 valence electrons. The number of rotatable bonds is 6. The molecule has 0 atom stereocenters. The Morgan fingerprint density at radius 3 is 2.85 bits per heavy atom. The quantitative estimate of drug-likeness (QED) is 0.352. The summed E-state index contributed by atoms with van der Waals surface area (Å²) in [5.41, 5.74) is 0.820. The minimum absolute atomic E-state index is 0. The number of nitrogens with zero attached hydrogens (tertiary/aromatic N) is 4. The lowest BCUT2D eigenvalue weighted by Crippen LogP contribution is -2.44. The highest BCUT2D eigenvalue weighted by molar-refractivity contribution is 14.0. The topological polar surface area (TPSA) is 87.8 Å². The fourth-order valence-electron chi connectivity index (χ4n) is 2.61. The number of hydrogen-bond donors (Lipinski definition) is 2. The molecule has 0 amide bonds. The smallest absolute Gasteiger partial charge is 0.246 e. The number of ether oxygens (including phenoxy) is 1. The molecule has 1 fully saturated rings. The monoisotopic (exact) mass is 506 g/mol. The number of halogens is 2. The lowest BCUT2D eigenvalue weighted by Gasteiger charge is -2.26. The Bertz CT molecular complexity index is 736. The van der Waals surface area contributed by atoms with Crippen LogP contribution >= 0.6 is 35.6 Å². The van der Waals surface area contributed by atoms with Crippen molar-refractivity contribution < 1.29 is 9.26 Å². The number of aliphatic imine (C=N–C) groups is 1. The fraction of sp³-hybridized carbons (Fsp3) is 0.471. The molecule has 10 heteroatoms. The van der Waals surface area contributed by atoms with Crippen molar-refractivity contribution in [1.82, 2.24) is 25.7 Å². The van der Waals surface area contributed by atoms with Crippen molar-refractivity contribution in [2.75, 3.05) is 46.4 Å². The van der Waals surface area contributed by atoms with Gasteiger partial charge in [0, 0.05) is 43.8 Å². The number of guanidine groups is 1. The molecule has 0 spiro atoms.